The Morgan fingerprint density at radius 2 is 2.24 bits per heavy atom. The second-order valence-corrected chi connectivity index (χ2v) is 4.59. The van der Waals surface area contributed by atoms with Gasteiger partial charge in [-0.25, -0.2) is 0 Å². The van der Waals surface area contributed by atoms with Crippen LogP contribution in [0.5, 0.6) is 0 Å². The Hall–Kier alpha value is -1.29. The van der Waals surface area contributed by atoms with E-state index in [1.165, 1.54) is 0 Å². The summed E-state index contributed by atoms with van der Waals surface area (Å²) in [5, 5.41) is 2.98. The van der Waals surface area contributed by atoms with Crippen LogP contribution in [0.1, 0.15) is 50.1 Å². The van der Waals surface area contributed by atoms with E-state index in [0.717, 1.165) is 12.8 Å². The van der Waals surface area contributed by atoms with Gasteiger partial charge in [0, 0.05) is 24.8 Å². The highest BCUT2D eigenvalue weighted by Crippen LogP contribution is 2.11. The van der Waals surface area contributed by atoms with E-state index < -0.39 is 0 Å². The van der Waals surface area contributed by atoms with Gasteiger partial charge in [0.25, 0.3) is 5.91 Å². The van der Waals surface area contributed by atoms with Crippen molar-refractivity contribution in [3.8, 4) is 0 Å². The molecule has 1 amide bonds. The number of rotatable bonds is 6. The van der Waals surface area contributed by atoms with Gasteiger partial charge in [-0.1, -0.05) is 13.3 Å². The number of hydrogen-bond acceptors (Lipinski definition) is 2. The normalized spacial score (nSPS) is 12.8. The van der Waals surface area contributed by atoms with Gasteiger partial charge in [-0.3, -0.25) is 4.79 Å². The molecule has 1 atom stereocenters. The third kappa shape index (κ3) is 3.60. The average molecular weight is 237 g/mol. The topological polar surface area (TPSA) is 60.0 Å². The summed E-state index contributed by atoms with van der Waals surface area (Å²) in [6.07, 6.45) is 3.87. The fourth-order valence-corrected chi connectivity index (χ4v) is 1.89. The number of hydrogen-bond donors (Lipinski definition) is 2. The van der Waals surface area contributed by atoms with Crippen molar-refractivity contribution in [2.45, 2.75) is 45.7 Å². The summed E-state index contributed by atoms with van der Waals surface area (Å²) in [7, 11) is 0. The second-order valence-electron chi connectivity index (χ2n) is 4.59. The van der Waals surface area contributed by atoms with Gasteiger partial charge in [-0.15, -0.1) is 0 Å². The van der Waals surface area contributed by atoms with Gasteiger partial charge in [0.1, 0.15) is 5.69 Å². The Balaban J connectivity index is 2.72. The van der Waals surface area contributed by atoms with Crippen LogP contribution in [0.15, 0.2) is 18.3 Å². The van der Waals surface area contributed by atoms with Gasteiger partial charge in [-0.2, -0.15) is 0 Å². The molecule has 1 rings (SSSR count). The highest BCUT2D eigenvalue weighted by molar-refractivity contribution is 5.93. The first-order chi connectivity index (χ1) is 8.10. The maximum Gasteiger partial charge on any atom is 0.268 e. The molecule has 1 heterocycles. The van der Waals surface area contributed by atoms with Gasteiger partial charge in [0.05, 0.1) is 0 Å². The summed E-state index contributed by atoms with van der Waals surface area (Å²) < 4.78 is 1.97. The van der Waals surface area contributed by atoms with Crippen molar-refractivity contribution in [3.05, 3.63) is 24.0 Å². The molecular weight excluding hydrogens is 214 g/mol. The van der Waals surface area contributed by atoms with Crippen LogP contribution >= 0.6 is 0 Å². The summed E-state index contributed by atoms with van der Waals surface area (Å²) in [6, 6.07) is 4.09. The highest BCUT2D eigenvalue weighted by Gasteiger charge is 2.15. The molecular formula is C13H23N3O. The number of aromatic nitrogens is 1. The molecule has 4 nitrogen and oxygen atoms in total. The third-order valence-corrected chi connectivity index (χ3v) is 2.82. The molecule has 0 bridgehead atoms. The van der Waals surface area contributed by atoms with Crippen molar-refractivity contribution in [2.24, 2.45) is 5.73 Å². The minimum Gasteiger partial charge on any atom is -0.347 e. The van der Waals surface area contributed by atoms with Crippen LogP contribution in [0, 0.1) is 0 Å². The van der Waals surface area contributed by atoms with E-state index in [1.54, 1.807) is 0 Å². The lowest BCUT2D eigenvalue weighted by Gasteiger charge is -2.18. The van der Waals surface area contributed by atoms with Crippen LogP contribution in [0.2, 0.25) is 0 Å². The molecule has 0 aliphatic carbocycles. The smallest absolute Gasteiger partial charge is 0.268 e. The predicted octanol–water partition coefficient (Wildman–Crippen LogP) is 1.93. The molecule has 1 aromatic rings. The zero-order chi connectivity index (χ0) is 12.8. The van der Waals surface area contributed by atoms with Crippen LogP contribution in [0.4, 0.5) is 0 Å². The summed E-state index contributed by atoms with van der Waals surface area (Å²) >= 11 is 0. The van der Waals surface area contributed by atoms with Crippen LogP contribution in [-0.4, -0.2) is 23.1 Å². The van der Waals surface area contributed by atoms with E-state index >= 15 is 0 Å². The Morgan fingerprint density at radius 3 is 2.76 bits per heavy atom. The fraction of sp³-hybridized carbons (Fsp3) is 0.615. The largest absolute Gasteiger partial charge is 0.347 e. The van der Waals surface area contributed by atoms with Crippen LogP contribution in [0.3, 0.4) is 0 Å². The third-order valence-electron chi connectivity index (χ3n) is 2.82. The molecule has 4 heteroatoms. The van der Waals surface area contributed by atoms with Crippen LogP contribution in [0.25, 0.3) is 0 Å². The van der Waals surface area contributed by atoms with Gasteiger partial charge in [-0.05, 0) is 32.4 Å². The van der Waals surface area contributed by atoms with E-state index in [0.29, 0.717) is 12.2 Å². The first-order valence-electron chi connectivity index (χ1n) is 6.27. The van der Waals surface area contributed by atoms with Crippen molar-refractivity contribution in [2.75, 3.05) is 6.54 Å². The molecule has 0 fully saturated rings. The lowest BCUT2D eigenvalue weighted by Crippen LogP contribution is -2.40. The molecule has 0 saturated heterocycles. The zero-order valence-corrected chi connectivity index (χ0v) is 10.9. The number of carbonyl (C=O) groups excluding carboxylic acids is 1. The van der Waals surface area contributed by atoms with Gasteiger partial charge in [0.15, 0.2) is 0 Å². The van der Waals surface area contributed by atoms with Crippen LogP contribution < -0.4 is 11.1 Å². The highest BCUT2D eigenvalue weighted by atomic mass is 16.2. The van der Waals surface area contributed by atoms with E-state index in [1.807, 2.05) is 22.9 Å². The molecule has 0 saturated carbocycles. The molecule has 3 N–H and O–H groups in total. The monoisotopic (exact) mass is 237 g/mol. The molecule has 17 heavy (non-hydrogen) atoms. The molecule has 1 unspecified atom stereocenters. The van der Waals surface area contributed by atoms with E-state index in [9.17, 15) is 4.79 Å². The van der Waals surface area contributed by atoms with Crippen LogP contribution in [-0.2, 0) is 0 Å². The maximum atomic E-state index is 12.1. The zero-order valence-electron chi connectivity index (χ0n) is 10.9. The summed E-state index contributed by atoms with van der Waals surface area (Å²) in [6.45, 7) is 6.69. The maximum absolute atomic E-state index is 12.1. The van der Waals surface area contributed by atoms with Crippen molar-refractivity contribution >= 4 is 5.91 Å². The molecule has 1 aromatic heterocycles. The summed E-state index contributed by atoms with van der Waals surface area (Å²) in [5.74, 6) is -0.0346. The minimum atomic E-state index is -0.0346. The first-order valence-corrected chi connectivity index (χ1v) is 6.27. The van der Waals surface area contributed by atoms with Crippen molar-refractivity contribution in [1.82, 2.24) is 9.88 Å². The number of nitrogens with one attached hydrogen (secondary N) is 1. The first kappa shape index (κ1) is 13.8. The van der Waals surface area contributed by atoms with Crippen molar-refractivity contribution in [3.63, 3.8) is 0 Å². The minimum absolute atomic E-state index is 0.0346. The number of nitrogens with zero attached hydrogens (tertiary/aromatic N) is 1. The van der Waals surface area contributed by atoms with E-state index in [4.69, 9.17) is 5.73 Å². The van der Waals surface area contributed by atoms with Gasteiger partial charge >= 0.3 is 0 Å². The second kappa shape index (κ2) is 6.45. The molecule has 0 aliphatic heterocycles. The Bertz CT molecular complexity index is 357. The average Bonchev–Trinajstić information content (AvgIpc) is 2.77. The number of amides is 1. The number of nitrogens with two attached hydrogens (primary N) is 1. The van der Waals surface area contributed by atoms with E-state index in [2.05, 4.69) is 26.1 Å². The van der Waals surface area contributed by atoms with Gasteiger partial charge in [0.2, 0.25) is 0 Å². The lowest BCUT2D eigenvalue weighted by molar-refractivity contribution is 0.0925. The van der Waals surface area contributed by atoms with E-state index in [-0.39, 0.29) is 18.0 Å². The predicted molar refractivity (Wildman–Crippen MR) is 70.0 cm³/mol. The quantitative estimate of drug-likeness (QED) is 0.794. The summed E-state index contributed by atoms with van der Waals surface area (Å²) in [4.78, 5) is 12.1. The van der Waals surface area contributed by atoms with Gasteiger partial charge < -0.3 is 15.6 Å². The molecule has 0 spiro atoms. The molecule has 0 radical (unpaired) electrons. The Kier molecular flexibility index (Phi) is 5.22. The molecule has 0 aliphatic rings. The SMILES string of the molecule is CCCC(CN)NC(=O)c1cccn1C(C)C. The Labute approximate surface area is 103 Å². The number of carbonyl (C=O) groups is 1. The lowest BCUT2D eigenvalue weighted by atomic mass is 10.1. The Morgan fingerprint density at radius 1 is 1.53 bits per heavy atom. The molecule has 96 valence electrons. The van der Waals surface area contributed by atoms with Crippen molar-refractivity contribution < 1.29 is 4.79 Å². The fourth-order valence-electron chi connectivity index (χ4n) is 1.89. The molecule has 0 aromatic carbocycles. The van der Waals surface area contributed by atoms with Crippen molar-refractivity contribution in [1.29, 1.82) is 0 Å². The summed E-state index contributed by atoms with van der Waals surface area (Å²) in [5.41, 5.74) is 6.34. The standard InChI is InChI=1S/C13H23N3O/c1-4-6-11(9-14)15-13(17)12-7-5-8-16(12)10(2)3/h5,7-8,10-11H,4,6,9,14H2,1-3H3,(H,15,17).